The average Bonchev–Trinajstić information content (AvgIpc) is 2.74. The maximum atomic E-state index is 14.4. The van der Waals surface area contributed by atoms with Crippen LogP contribution in [0.3, 0.4) is 0 Å². The van der Waals surface area contributed by atoms with Crippen molar-refractivity contribution >= 4 is 12.2 Å². The van der Waals surface area contributed by atoms with Crippen LogP contribution in [0.25, 0.3) is 0 Å². The summed E-state index contributed by atoms with van der Waals surface area (Å²) in [5, 5.41) is 12.6. The van der Waals surface area contributed by atoms with Crippen LogP contribution in [-0.4, -0.2) is 47.6 Å². The highest BCUT2D eigenvalue weighted by Crippen LogP contribution is 2.32. The number of aromatic nitrogens is 1. The lowest BCUT2D eigenvalue weighted by atomic mass is 9.84. The molecule has 2 N–H and O–H groups in total. The van der Waals surface area contributed by atoms with Crippen molar-refractivity contribution in [1.82, 2.24) is 10.3 Å². The van der Waals surface area contributed by atoms with Gasteiger partial charge in [-0.05, 0) is 31.4 Å². The molecule has 2 aromatic rings. The van der Waals surface area contributed by atoms with Crippen LogP contribution in [0.15, 0.2) is 30.5 Å². The van der Waals surface area contributed by atoms with E-state index in [1.807, 2.05) is 13.8 Å². The van der Waals surface area contributed by atoms with Crippen molar-refractivity contribution in [2.75, 3.05) is 13.7 Å². The van der Waals surface area contributed by atoms with Gasteiger partial charge in [-0.3, -0.25) is 4.79 Å². The van der Waals surface area contributed by atoms with Crippen LogP contribution >= 0.6 is 0 Å². The summed E-state index contributed by atoms with van der Waals surface area (Å²) >= 11 is 0. The van der Waals surface area contributed by atoms with Gasteiger partial charge in [0, 0.05) is 24.2 Å². The monoisotopic (exact) mass is 450 g/mol. The predicted molar refractivity (Wildman–Crippen MR) is 114 cm³/mol. The van der Waals surface area contributed by atoms with E-state index in [1.165, 1.54) is 38.4 Å². The number of ether oxygens (including phenoxy) is 2. The van der Waals surface area contributed by atoms with Gasteiger partial charge in [-0.25, -0.2) is 13.8 Å². The fraction of sp³-hybridized carbons (Fsp3) is 0.435. The zero-order valence-electron chi connectivity index (χ0n) is 18.7. The Morgan fingerprint density at radius 1 is 1.28 bits per heavy atom. The first-order valence-electron chi connectivity index (χ1n) is 10.1. The van der Waals surface area contributed by atoms with Gasteiger partial charge in [-0.2, -0.15) is 0 Å². The number of rotatable bonds is 10. The summed E-state index contributed by atoms with van der Waals surface area (Å²) in [5.41, 5.74) is -1.46. The Morgan fingerprint density at radius 2 is 1.97 bits per heavy atom. The van der Waals surface area contributed by atoms with Gasteiger partial charge in [0.05, 0.1) is 19.8 Å². The van der Waals surface area contributed by atoms with Gasteiger partial charge in [0.25, 0.3) is 5.91 Å². The van der Waals surface area contributed by atoms with Gasteiger partial charge in [-0.1, -0.05) is 19.9 Å². The number of carbonyl (C=O) groups is 2. The summed E-state index contributed by atoms with van der Waals surface area (Å²) in [5.74, 6) is -3.02. The molecule has 0 bridgehead atoms. The van der Waals surface area contributed by atoms with E-state index in [1.54, 1.807) is 6.92 Å². The average molecular weight is 450 g/mol. The minimum Gasteiger partial charge on any atom is -0.503 e. The lowest BCUT2D eigenvalue weighted by Gasteiger charge is -2.32. The molecule has 0 saturated carbocycles. The number of benzene rings is 1. The first-order chi connectivity index (χ1) is 15.0. The topological polar surface area (TPSA) is 97.8 Å². The molecule has 0 radical (unpaired) electrons. The number of methoxy groups -OCH3 is 1. The number of carbonyl (C=O) groups excluding carboxylic acids is 2. The number of hydrogen-bond acceptors (Lipinski definition) is 6. The number of hydrogen-bond donors (Lipinski definition) is 2. The Bertz CT molecular complexity index is 969. The number of aldehydes is 1. The van der Waals surface area contributed by atoms with E-state index >= 15 is 0 Å². The van der Waals surface area contributed by atoms with Crippen molar-refractivity contribution in [3.8, 4) is 11.5 Å². The minimum atomic E-state index is -1.45. The van der Waals surface area contributed by atoms with Gasteiger partial charge >= 0.3 is 0 Å². The highest BCUT2D eigenvalue weighted by atomic mass is 19.1. The van der Waals surface area contributed by atoms with Crippen molar-refractivity contribution in [2.24, 2.45) is 5.92 Å². The largest absolute Gasteiger partial charge is 0.503 e. The standard InChI is InChI=1S/C23H28F2N2O5/c1-13(2)19(16-7-6-15(24)10-17(16)25)14(3)32-12-23(4,11-28)27-22(30)20-21(29)18(31-5)8-9-26-20/h6-11,13-14,19,29H,12H2,1-5H3,(H,27,30)/t14-,19+,23+/m0/s1. The summed E-state index contributed by atoms with van der Waals surface area (Å²) in [4.78, 5) is 28.2. The van der Waals surface area contributed by atoms with E-state index in [4.69, 9.17) is 9.47 Å². The molecule has 3 atom stereocenters. The van der Waals surface area contributed by atoms with Gasteiger partial charge in [0.15, 0.2) is 17.2 Å². The van der Waals surface area contributed by atoms with Crippen LogP contribution in [0.4, 0.5) is 8.78 Å². The van der Waals surface area contributed by atoms with Crippen LogP contribution in [0.5, 0.6) is 11.5 Å². The summed E-state index contributed by atoms with van der Waals surface area (Å²) in [6.45, 7) is 6.71. The minimum absolute atomic E-state index is 0.0556. The van der Waals surface area contributed by atoms with E-state index in [2.05, 4.69) is 10.3 Å². The Balaban J connectivity index is 2.16. The highest BCUT2D eigenvalue weighted by molar-refractivity contribution is 5.97. The first-order valence-corrected chi connectivity index (χ1v) is 10.1. The van der Waals surface area contributed by atoms with Crippen molar-refractivity contribution in [3.05, 3.63) is 53.4 Å². The predicted octanol–water partition coefficient (Wildman–Crippen LogP) is 3.61. The summed E-state index contributed by atoms with van der Waals surface area (Å²) in [6.07, 6.45) is 1.24. The number of aromatic hydroxyl groups is 1. The van der Waals surface area contributed by atoms with Gasteiger partial charge < -0.3 is 24.7 Å². The molecule has 9 heteroatoms. The lowest BCUT2D eigenvalue weighted by molar-refractivity contribution is -0.116. The van der Waals surface area contributed by atoms with Gasteiger partial charge in [0.2, 0.25) is 0 Å². The molecule has 174 valence electrons. The molecule has 0 aliphatic carbocycles. The molecule has 0 spiro atoms. The molecule has 0 fully saturated rings. The molecule has 0 aliphatic rings. The molecular formula is C23H28F2N2O5. The molecule has 1 amide bonds. The Labute approximate surface area is 185 Å². The second-order valence-electron chi connectivity index (χ2n) is 8.15. The molecule has 1 heterocycles. The molecule has 0 unspecified atom stereocenters. The molecule has 7 nitrogen and oxygen atoms in total. The zero-order chi connectivity index (χ0) is 24.1. The molecule has 2 rings (SSSR count). The fourth-order valence-electron chi connectivity index (χ4n) is 3.52. The smallest absolute Gasteiger partial charge is 0.274 e. The molecule has 0 saturated heterocycles. The molecule has 0 aliphatic heterocycles. The van der Waals surface area contributed by atoms with Crippen LogP contribution in [0.2, 0.25) is 0 Å². The summed E-state index contributed by atoms with van der Waals surface area (Å²) in [6, 6.07) is 4.77. The number of nitrogens with zero attached hydrogens (tertiary/aromatic N) is 1. The molecular weight excluding hydrogens is 422 g/mol. The third-order valence-corrected chi connectivity index (χ3v) is 5.17. The number of nitrogens with one attached hydrogen (secondary N) is 1. The second-order valence-corrected chi connectivity index (χ2v) is 8.15. The number of amides is 1. The zero-order valence-corrected chi connectivity index (χ0v) is 18.7. The quantitative estimate of drug-likeness (QED) is 0.537. The lowest BCUT2D eigenvalue weighted by Crippen LogP contribution is -2.52. The molecule has 1 aromatic heterocycles. The first kappa shape index (κ1) is 25.2. The normalized spacial score (nSPS) is 15.0. The van der Waals surface area contributed by atoms with Crippen molar-refractivity contribution in [1.29, 1.82) is 0 Å². The van der Waals surface area contributed by atoms with Crippen molar-refractivity contribution in [2.45, 2.75) is 45.3 Å². The van der Waals surface area contributed by atoms with Crippen molar-refractivity contribution < 1.29 is 33.0 Å². The van der Waals surface area contributed by atoms with Gasteiger partial charge in [-0.15, -0.1) is 0 Å². The fourth-order valence-corrected chi connectivity index (χ4v) is 3.52. The summed E-state index contributed by atoms with van der Waals surface area (Å²) < 4.78 is 38.5. The third-order valence-electron chi connectivity index (χ3n) is 5.17. The summed E-state index contributed by atoms with van der Waals surface area (Å²) in [7, 11) is 1.33. The maximum Gasteiger partial charge on any atom is 0.274 e. The number of pyridine rings is 1. The number of halogens is 2. The van der Waals surface area contributed by atoms with Crippen molar-refractivity contribution in [3.63, 3.8) is 0 Å². The van der Waals surface area contributed by atoms with E-state index < -0.39 is 40.9 Å². The van der Waals surface area contributed by atoms with Crippen LogP contribution in [0.1, 0.15) is 49.7 Å². The van der Waals surface area contributed by atoms with E-state index in [-0.39, 0.29) is 24.0 Å². The van der Waals surface area contributed by atoms with Crippen LogP contribution in [0, 0.1) is 17.6 Å². The Morgan fingerprint density at radius 3 is 2.53 bits per heavy atom. The van der Waals surface area contributed by atoms with E-state index in [9.17, 15) is 23.5 Å². The molecule has 1 aromatic carbocycles. The molecule has 32 heavy (non-hydrogen) atoms. The Kier molecular flexibility index (Phi) is 8.26. The van der Waals surface area contributed by atoms with E-state index in [0.717, 1.165) is 6.07 Å². The van der Waals surface area contributed by atoms with Crippen LogP contribution in [-0.2, 0) is 9.53 Å². The maximum absolute atomic E-state index is 14.4. The Hall–Kier alpha value is -3.07. The highest BCUT2D eigenvalue weighted by Gasteiger charge is 2.32. The third kappa shape index (κ3) is 5.79. The second kappa shape index (κ2) is 10.5. The van der Waals surface area contributed by atoms with Crippen LogP contribution < -0.4 is 10.1 Å². The van der Waals surface area contributed by atoms with E-state index in [0.29, 0.717) is 11.8 Å². The van der Waals surface area contributed by atoms with Gasteiger partial charge in [0.1, 0.15) is 23.5 Å². The SMILES string of the molecule is COc1ccnc(C(=O)N[C@](C)(C=O)CO[C@@H](C)[C@H](c2ccc(F)cc2F)C(C)C)c1O.